The third kappa shape index (κ3) is 5.49. The van der Waals surface area contributed by atoms with Crippen LogP contribution >= 0.6 is 11.3 Å². The summed E-state index contributed by atoms with van der Waals surface area (Å²) in [4.78, 5) is 36.1. The van der Waals surface area contributed by atoms with Gasteiger partial charge in [0.15, 0.2) is 10.8 Å². The quantitative estimate of drug-likeness (QED) is 0.147. The van der Waals surface area contributed by atoms with Gasteiger partial charge in [-0.2, -0.15) is 0 Å². The van der Waals surface area contributed by atoms with Crippen LogP contribution in [0.1, 0.15) is 21.6 Å². The number of ether oxygens (including phenoxy) is 1. The first-order valence-corrected chi connectivity index (χ1v) is 13.6. The molecule has 3 heterocycles. The van der Waals surface area contributed by atoms with Crippen LogP contribution in [0.15, 0.2) is 36.4 Å². The normalized spacial score (nSPS) is 14.2. The fourth-order valence-electron chi connectivity index (χ4n) is 4.86. The molecule has 0 bridgehead atoms. The molecule has 0 aliphatic carbocycles. The Morgan fingerprint density at radius 3 is 2.56 bits per heavy atom. The fraction of sp³-hybridized carbons (Fsp3) is 0.370. The Bertz CT molecular complexity index is 1560. The van der Waals surface area contributed by atoms with E-state index in [-0.39, 0.29) is 15.8 Å². The summed E-state index contributed by atoms with van der Waals surface area (Å²) in [6.45, 7) is 5.76. The number of likely N-dealkylation sites (N-methyl/N-ethyl adjacent to an activating group) is 1. The van der Waals surface area contributed by atoms with E-state index >= 15 is 0 Å². The molecule has 204 valence electrons. The zero-order valence-corrected chi connectivity index (χ0v) is 23.1. The zero-order valence-electron chi connectivity index (χ0n) is 22.3. The minimum absolute atomic E-state index is 0.0636. The molecule has 11 nitrogen and oxygen atoms in total. The number of thiazole rings is 1. The maximum Gasteiger partial charge on any atom is 0.354 e. The summed E-state index contributed by atoms with van der Waals surface area (Å²) in [5.41, 5.74) is 10.3. The van der Waals surface area contributed by atoms with Crippen molar-refractivity contribution in [1.82, 2.24) is 15.3 Å². The number of nitrogens with one attached hydrogen (secondary N) is 1. The van der Waals surface area contributed by atoms with Crippen molar-refractivity contribution in [2.75, 3.05) is 64.1 Å². The van der Waals surface area contributed by atoms with Crippen molar-refractivity contribution in [1.29, 1.82) is 0 Å². The van der Waals surface area contributed by atoms with Crippen LogP contribution in [0.4, 0.5) is 15.8 Å². The highest BCUT2D eigenvalue weighted by atomic mass is 32.1. The number of nitrogens with two attached hydrogens (primary N) is 1. The third-order valence-corrected chi connectivity index (χ3v) is 8.13. The standard InChI is InChI=1S/C27H31N7O4S/c1-17-6-4-7-18-22(28)19-8-5-9-20(24(19)31-23(17)18)25(35)29-10-13-34(2,3)16-21-26(33(36)37)39-27(30-21)32-11-14-38-15-12-32/h4-9H,10-16H2,1-3H3,(H2-,28,29,31,35)/p+1. The second-order valence-electron chi connectivity index (χ2n) is 10.4. The molecule has 1 fully saturated rings. The maximum atomic E-state index is 13.2. The van der Waals surface area contributed by atoms with Crippen molar-refractivity contribution < 1.29 is 18.9 Å². The van der Waals surface area contributed by atoms with Gasteiger partial charge in [0.25, 0.3) is 5.91 Å². The van der Waals surface area contributed by atoms with Crippen molar-refractivity contribution in [2.24, 2.45) is 0 Å². The van der Waals surface area contributed by atoms with Gasteiger partial charge < -0.3 is 25.2 Å². The number of quaternary nitrogens is 1. The molecule has 5 rings (SSSR count). The lowest BCUT2D eigenvalue weighted by Crippen LogP contribution is -2.45. The molecule has 3 N–H and O–H groups in total. The van der Waals surface area contributed by atoms with Crippen LogP contribution in [-0.2, 0) is 11.3 Å². The first kappa shape index (κ1) is 26.7. The Hall–Kier alpha value is -3.87. The lowest BCUT2D eigenvalue weighted by atomic mass is 10.0. The Kier molecular flexibility index (Phi) is 7.34. The highest BCUT2D eigenvalue weighted by Gasteiger charge is 2.30. The number of aromatic nitrogens is 2. The van der Waals surface area contributed by atoms with E-state index in [1.54, 1.807) is 6.07 Å². The number of fused-ring (bicyclic) bond motifs is 2. The molecule has 1 aliphatic rings. The summed E-state index contributed by atoms with van der Waals surface area (Å²) in [5.74, 6) is -0.241. The number of nitro groups is 1. The number of hydrogen-bond donors (Lipinski definition) is 2. The number of rotatable bonds is 8. The van der Waals surface area contributed by atoms with Crippen LogP contribution in [-0.4, -0.2) is 78.8 Å². The van der Waals surface area contributed by atoms with Crippen LogP contribution in [0.3, 0.4) is 0 Å². The molecule has 1 amide bonds. The predicted molar refractivity (Wildman–Crippen MR) is 153 cm³/mol. The lowest BCUT2D eigenvalue weighted by molar-refractivity contribution is -0.902. The summed E-state index contributed by atoms with van der Waals surface area (Å²) < 4.78 is 5.80. The van der Waals surface area contributed by atoms with Gasteiger partial charge in [-0.15, -0.1) is 0 Å². The van der Waals surface area contributed by atoms with Gasteiger partial charge in [0.2, 0.25) is 0 Å². The molecule has 0 radical (unpaired) electrons. The third-order valence-electron chi connectivity index (χ3n) is 7.02. The van der Waals surface area contributed by atoms with Crippen LogP contribution < -0.4 is 16.0 Å². The highest BCUT2D eigenvalue weighted by molar-refractivity contribution is 7.18. The summed E-state index contributed by atoms with van der Waals surface area (Å²) >= 11 is 1.11. The lowest BCUT2D eigenvalue weighted by Gasteiger charge is -2.29. The van der Waals surface area contributed by atoms with E-state index in [9.17, 15) is 14.9 Å². The first-order chi connectivity index (χ1) is 18.6. The number of anilines is 2. The van der Waals surface area contributed by atoms with E-state index in [1.165, 1.54) is 0 Å². The smallest absolute Gasteiger partial charge is 0.354 e. The number of carbonyl (C=O) groups excluding carboxylic acids is 1. The fourth-order valence-corrected chi connectivity index (χ4v) is 5.81. The van der Waals surface area contributed by atoms with Gasteiger partial charge in [0.05, 0.1) is 67.6 Å². The van der Waals surface area contributed by atoms with E-state index in [1.807, 2.05) is 56.3 Å². The maximum absolute atomic E-state index is 13.2. The van der Waals surface area contributed by atoms with Crippen LogP contribution in [0, 0.1) is 17.0 Å². The van der Waals surface area contributed by atoms with Crippen molar-refractivity contribution in [3.05, 3.63) is 63.3 Å². The van der Waals surface area contributed by atoms with Crippen LogP contribution in [0.25, 0.3) is 21.8 Å². The Morgan fingerprint density at radius 1 is 1.15 bits per heavy atom. The number of amides is 1. The molecule has 2 aromatic heterocycles. The van der Waals surface area contributed by atoms with Crippen molar-refractivity contribution in [2.45, 2.75) is 13.5 Å². The van der Waals surface area contributed by atoms with Gasteiger partial charge in [-0.3, -0.25) is 14.9 Å². The number of carbonyl (C=O) groups is 1. The van der Waals surface area contributed by atoms with Crippen molar-refractivity contribution >= 4 is 54.9 Å². The molecule has 1 saturated heterocycles. The van der Waals surface area contributed by atoms with Gasteiger partial charge in [-0.1, -0.05) is 30.3 Å². The van der Waals surface area contributed by atoms with Gasteiger partial charge in [-0.05, 0) is 29.9 Å². The topological polar surface area (TPSA) is 137 Å². The SMILES string of the molecule is Cc1cccc2c(N)c3cccc(C(=O)NCC[N+](C)(C)Cc4nc(N5CCOCC5)sc4[N+](=O)[O-])c3nc12. The molecule has 0 unspecified atom stereocenters. The largest absolute Gasteiger partial charge is 0.398 e. The second kappa shape index (κ2) is 10.7. The number of aryl methyl sites for hydroxylation is 1. The van der Waals surface area contributed by atoms with Gasteiger partial charge in [0, 0.05) is 23.9 Å². The van der Waals surface area contributed by atoms with E-state index < -0.39 is 0 Å². The predicted octanol–water partition coefficient (Wildman–Crippen LogP) is 3.49. The van der Waals surface area contributed by atoms with Gasteiger partial charge >= 0.3 is 5.00 Å². The second-order valence-corrected chi connectivity index (χ2v) is 11.3. The molecule has 39 heavy (non-hydrogen) atoms. The van der Waals surface area contributed by atoms with Crippen molar-refractivity contribution in [3.63, 3.8) is 0 Å². The number of morpholine rings is 1. The zero-order chi connectivity index (χ0) is 27.7. The molecule has 0 spiro atoms. The number of benzene rings is 2. The molecule has 2 aromatic carbocycles. The van der Waals surface area contributed by atoms with E-state index in [0.29, 0.717) is 78.0 Å². The molecule has 12 heteroatoms. The number of hydrogen-bond acceptors (Lipinski definition) is 9. The number of nitrogens with zero attached hydrogens (tertiary/aromatic N) is 5. The number of nitrogen functional groups attached to an aromatic ring is 1. The number of para-hydroxylation sites is 2. The minimum atomic E-state index is -0.358. The summed E-state index contributed by atoms with van der Waals surface area (Å²) in [7, 11) is 3.94. The molecule has 1 aliphatic heterocycles. The van der Waals surface area contributed by atoms with Gasteiger partial charge in [-0.25, -0.2) is 9.97 Å². The Labute approximate surface area is 229 Å². The summed E-state index contributed by atoms with van der Waals surface area (Å²) in [6.07, 6.45) is 0. The molecule has 4 aromatic rings. The van der Waals surface area contributed by atoms with E-state index in [0.717, 1.165) is 33.2 Å². The minimum Gasteiger partial charge on any atom is -0.398 e. The number of pyridine rings is 1. The van der Waals surface area contributed by atoms with Gasteiger partial charge in [0.1, 0.15) is 6.54 Å². The van der Waals surface area contributed by atoms with E-state index in [2.05, 4.69) is 10.3 Å². The van der Waals surface area contributed by atoms with E-state index in [4.69, 9.17) is 15.5 Å². The van der Waals surface area contributed by atoms with Crippen LogP contribution in [0.2, 0.25) is 0 Å². The Balaban J connectivity index is 1.30. The summed E-state index contributed by atoms with van der Waals surface area (Å²) in [5, 5.41) is 17.1. The van der Waals surface area contributed by atoms with Crippen LogP contribution in [0.5, 0.6) is 0 Å². The average Bonchev–Trinajstić information content (AvgIpc) is 3.33. The molecule has 0 atom stereocenters. The Morgan fingerprint density at radius 2 is 1.85 bits per heavy atom. The first-order valence-electron chi connectivity index (χ1n) is 12.8. The summed E-state index contributed by atoms with van der Waals surface area (Å²) in [6, 6.07) is 11.3. The monoisotopic (exact) mass is 550 g/mol. The van der Waals surface area contributed by atoms with Crippen molar-refractivity contribution in [3.8, 4) is 0 Å². The highest BCUT2D eigenvalue weighted by Crippen LogP contribution is 2.35. The molecular weight excluding hydrogens is 518 g/mol. The molecular formula is C27H32N7O4S+. The average molecular weight is 551 g/mol. The molecule has 0 saturated carbocycles.